The van der Waals surface area contributed by atoms with Gasteiger partial charge in [0.1, 0.15) is 5.75 Å². The minimum Gasteiger partial charge on any atom is -0.466 e. The molecule has 3 aliphatic rings. The van der Waals surface area contributed by atoms with Gasteiger partial charge in [0.2, 0.25) is 5.72 Å². The number of benzene rings is 2. The monoisotopic (exact) mass is 409 g/mol. The Hall–Kier alpha value is -2.04. The Morgan fingerprint density at radius 2 is 1.83 bits per heavy atom. The zero-order valence-electron chi connectivity index (χ0n) is 17.4. The van der Waals surface area contributed by atoms with Gasteiger partial charge in [0.25, 0.3) is 0 Å². The number of hydrazone groups is 1. The van der Waals surface area contributed by atoms with Crippen molar-refractivity contribution in [2.45, 2.75) is 57.8 Å². The zero-order valence-corrected chi connectivity index (χ0v) is 18.1. The number of halogens is 1. The SMILES string of the molecule is Cc1cccc2c1OC1(CCN(C(C)C)CC1)N1N=C(c3ccc(Cl)cc3)C[C@@H]21. The van der Waals surface area contributed by atoms with Gasteiger partial charge in [-0.25, -0.2) is 5.01 Å². The summed E-state index contributed by atoms with van der Waals surface area (Å²) in [5.41, 5.74) is 4.38. The predicted octanol–water partition coefficient (Wildman–Crippen LogP) is 5.39. The lowest BCUT2D eigenvalue weighted by molar-refractivity contribution is -0.152. The lowest BCUT2D eigenvalue weighted by Crippen LogP contribution is -2.59. The van der Waals surface area contributed by atoms with Crippen LogP contribution in [0.2, 0.25) is 5.02 Å². The molecule has 1 saturated heterocycles. The molecule has 1 spiro atoms. The quantitative estimate of drug-likeness (QED) is 0.665. The van der Waals surface area contributed by atoms with E-state index in [9.17, 15) is 0 Å². The Morgan fingerprint density at radius 3 is 2.52 bits per heavy atom. The molecule has 29 heavy (non-hydrogen) atoms. The van der Waals surface area contributed by atoms with Gasteiger partial charge in [-0.2, -0.15) is 5.10 Å². The summed E-state index contributed by atoms with van der Waals surface area (Å²) in [5, 5.41) is 8.19. The van der Waals surface area contributed by atoms with Gasteiger partial charge < -0.3 is 9.64 Å². The van der Waals surface area contributed by atoms with Gasteiger partial charge in [-0.15, -0.1) is 0 Å². The summed E-state index contributed by atoms with van der Waals surface area (Å²) in [5.74, 6) is 1.07. The van der Waals surface area contributed by atoms with E-state index in [-0.39, 0.29) is 11.8 Å². The molecule has 1 fully saturated rings. The molecular weight excluding hydrogens is 382 g/mol. The van der Waals surface area contributed by atoms with Gasteiger partial charge in [0.05, 0.1) is 11.8 Å². The molecule has 0 unspecified atom stereocenters. The number of para-hydroxylation sites is 1. The van der Waals surface area contributed by atoms with Crippen molar-refractivity contribution in [1.29, 1.82) is 0 Å². The third-order valence-corrected chi connectivity index (χ3v) is 6.96. The summed E-state index contributed by atoms with van der Waals surface area (Å²) in [6.07, 6.45) is 2.83. The highest BCUT2D eigenvalue weighted by Crippen LogP contribution is 2.51. The number of rotatable bonds is 2. The maximum Gasteiger partial charge on any atom is 0.200 e. The molecule has 0 radical (unpaired) electrons. The summed E-state index contributed by atoms with van der Waals surface area (Å²) in [7, 11) is 0. The van der Waals surface area contributed by atoms with Crippen molar-refractivity contribution in [2.75, 3.05) is 13.1 Å². The third kappa shape index (κ3) is 3.13. The van der Waals surface area contributed by atoms with Gasteiger partial charge in [-0.1, -0.05) is 41.9 Å². The molecule has 1 atom stereocenters. The molecule has 4 nitrogen and oxygen atoms in total. The Balaban J connectivity index is 1.55. The average molecular weight is 410 g/mol. The topological polar surface area (TPSA) is 28.1 Å². The van der Waals surface area contributed by atoms with Gasteiger partial charge in [-0.05, 0) is 44.0 Å². The first-order chi connectivity index (χ1) is 14.0. The van der Waals surface area contributed by atoms with Crippen LogP contribution in [-0.4, -0.2) is 40.5 Å². The number of nitrogens with zero attached hydrogens (tertiary/aromatic N) is 3. The molecule has 0 aliphatic carbocycles. The maximum absolute atomic E-state index is 6.81. The van der Waals surface area contributed by atoms with Crippen molar-refractivity contribution < 1.29 is 4.74 Å². The number of piperidine rings is 1. The molecule has 5 heteroatoms. The highest BCUT2D eigenvalue weighted by molar-refractivity contribution is 6.30. The fourth-order valence-corrected chi connectivity index (χ4v) is 5.11. The summed E-state index contributed by atoms with van der Waals surface area (Å²) in [6, 6.07) is 15.3. The summed E-state index contributed by atoms with van der Waals surface area (Å²) in [6.45, 7) is 8.77. The van der Waals surface area contributed by atoms with Crippen molar-refractivity contribution in [2.24, 2.45) is 5.10 Å². The van der Waals surface area contributed by atoms with Crippen LogP contribution >= 0.6 is 11.6 Å². The molecule has 0 saturated carbocycles. The van der Waals surface area contributed by atoms with Crippen molar-refractivity contribution >= 4 is 17.3 Å². The number of hydrogen-bond acceptors (Lipinski definition) is 4. The Morgan fingerprint density at radius 1 is 1.10 bits per heavy atom. The fourth-order valence-electron chi connectivity index (χ4n) is 4.98. The largest absolute Gasteiger partial charge is 0.466 e. The zero-order chi connectivity index (χ0) is 20.2. The number of fused-ring (bicyclic) bond motifs is 4. The molecule has 0 aromatic heterocycles. The average Bonchev–Trinajstić information content (AvgIpc) is 3.17. The Bertz CT molecular complexity index is 945. The van der Waals surface area contributed by atoms with Crippen LogP contribution in [0, 0.1) is 6.92 Å². The second-order valence-corrected chi connectivity index (χ2v) is 9.23. The third-order valence-electron chi connectivity index (χ3n) is 6.71. The second-order valence-electron chi connectivity index (χ2n) is 8.79. The minimum atomic E-state index is -0.358. The van der Waals surface area contributed by atoms with Gasteiger partial charge in [-0.3, -0.25) is 0 Å². The number of aryl methyl sites for hydroxylation is 1. The summed E-state index contributed by atoms with van der Waals surface area (Å²) >= 11 is 6.11. The lowest BCUT2D eigenvalue weighted by Gasteiger charge is -2.52. The van der Waals surface area contributed by atoms with Crippen molar-refractivity contribution in [3.05, 3.63) is 64.2 Å². The van der Waals surface area contributed by atoms with Crippen LogP contribution < -0.4 is 4.74 Å². The lowest BCUT2D eigenvalue weighted by atomic mass is 9.89. The van der Waals surface area contributed by atoms with E-state index in [4.69, 9.17) is 21.4 Å². The van der Waals surface area contributed by atoms with E-state index in [1.54, 1.807) is 0 Å². The van der Waals surface area contributed by atoms with Crippen LogP contribution in [0.1, 0.15) is 55.8 Å². The Labute approximate surface area is 178 Å². The summed E-state index contributed by atoms with van der Waals surface area (Å²) in [4.78, 5) is 2.54. The number of hydrogen-bond donors (Lipinski definition) is 0. The number of likely N-dealkylation sites (tertiary alicyclic amines) is 1. The predicted molar refractivity (Wildman–Crippen MR) is 118 cm³/mol. The van der Waals surface area contributed by atoms with Crippen LogP contribution in [0.15, 0.2) is 47.6 Å². The van der Waals surface area contributed by atoms with E-state index in [0.29, 0.717) is 6.04 Å². The van der Waals surface area contributed by atoms with Crippen molar-refractivity contribution in [1.82, 2.24) is 9.91 Å². The fraction of sp³-hybridized carbons (Fsp3) is 0.458. The number of ether oxygens (including phenoxy) is 1. The molecular formula is C24H28ClN3O. The molecule has 3 aliphatic heterocycles. The molecule has 152 valence electrons. The molecule has 0 amide bonds. The molecule has 2 aromatic carbocycles. The first kappa shape index (κ1) is 19.0. The molecule has 2 aromatic rings. The van der Waals surface area contributed by atoms with Crippen LogP contribution in [0.5, 0.6) is 5.75 Å². The van der Waals surface area contributed by atoms with E-state index in [2.05, 4.69) is 61.0 Å². The van der Waals surface area contributed by atoms with Crippen LogP contribution in [-0.2, 0) is 0 Å². The van der Waals surface area contributed by atoms with Crippen LogP contribution in [0.25, 0.3) is 0 Å². The van der Waals surface area contributed by atoms with Crippen LogP contribution in [0.3, 0.4) is 0 Å². The van der Waals surface area contributed by atoms with E-state index in [1.807, 2.05) is 12.1 Å². The van der Waals surface area contributed by atoms with Crippen molar-refractivity contribution in [3.63, 3.8) is 0 Å². The highest BCUT2D eigenvalue weighted by Gasteiger charge is 2.52. The van der Waals surface area contributed by atoms with Crippen LogP contribution in [0.4, 0.5) is 0 Å². The van der Waals surface area contributed by atoms with E-state index >= 15 is 0 Å². The molecule has 5 rings (SSSR count). The minimum absolute atomic E-state index is 0.231. The Kier molecular flexibility index (Phi) is 4.60. The van der Waals surface area contributed by atoms with Crippen molar-refractivity contribution in [3.8, 4) is 5.75 Å². The van der Waals surface area contributed by atoms with E-state index in [1.165, 1.54) is 11.1 Å². The first-order valence-electron chi connectivity index (χ1n) is 10.6. The highest BCUT2D eigenvalue weighted by atomic mass is 35.5. The normalized spacial score (nSPS) is 23.0. The second kappa shape index (κ2) is 7.03. The first-order valence-corrected chi connectivity index (χ1v) is 11.0. The molecule has 3 heterocycles. The molecule has 0 N–H and O–H groups in total. The molecule has 0 bridgehead atoms. The maximum atomic E-state index is 6.81. The smallest absolute Gasteiger partial charge is 0.200 e. The van der Waals surface area contributed by atoms with E-state index < -0.39 is 0 Å². The van der Waals surface area contributed by atoms with Gasteiger partial charge in [0, 0.05) is 49.0 Å². The summed E-state index contributed by atoms with van der Waals surface area (Å²) < 4.78 is 6.81. The van der Waals surface area contributed by atoms with E-state index in [0.717, 1.165) is 54.4 Å². The standard InChI is InChI=1S/C24H28ClN3O/c1-16(2)27-13-11-24(12-14-27)28-22(20-6-4-5-17(3)23(20)29-24)15-21(26-28)18-7-9-19(25)10-8-18/h4-10,16,22H,11-15H2,1-3H3/t22-/m0/s1. The van der Waals surface area contributed by atoms with Gasteiger partial charge >= 0.3 is 0 Å². The van der Waals surface area contributed by atoms with Gasteiger partial charge in [0.15, 0.2) is 0 Å².